The molecule has 4 nitrogen and oxygen atoms in total. The Morgan fingerprint density at radius 2 is 1.73 bits per heavy atom. The molecule has 0 amide bonds. The normalized spacial score (nSPS) is 16.1. The summed E-state index contributed by atoms with van der Waals surface area (Å²) in [7, 11) is 0. The largest absolute Gasteiger partial charge is 0.490 e. The van der Waals surface area contributed by atoms with E-state index in [9.17, 15) is 0 Å². The summed E-state index contributed by atoms with van der Waals surface area (Å²) in [6.45, 7) is 12.9. The summed E-state index contributed by atoms with van der Waals surface area (Å²) in [6, 6.07) is 8.70. The zero-order chi connectivity index (χ0) is 21.5. The Hall–Kier alpha value is -1.91. The smallest absolute Gasteiger partial charge is 0.129 e. The molecular formula is C26H37NO3. The number of hydrogen-bond acceptors (Lipinski definition) is 4. The highest BCUT2D eigenvalue weighted by Crippen LogP contribution is 2.40. The maximum atomic E-state index is 6.32. The molecule has 0 saturated carbocycles. The van der Waals surface area contributed by atoms with E-state index in [0.717, 1.165) is 55.9 Å². The van der Waals surface area contributed by atoms with E-state index >= 15 is 0 Å². The van der Waals surface area contributed by atoms with Crippen LogP contribution in [0.5, 0.6) is 5.75 Å². The molecule has 1 atom stereocenters. The zero-order valence-corrected chi connectivity index (χ0v) is 19.2. The molecule has 1 saturated heterocycles. The molecule has 2 heterocycles. The number of rotatable bonds is 9. The first-order valence-electron chi connectivity index (χ1n) is 11.6. The Morgan fingerprint density at radius 3 is 2.30 bits per heavy atom. The van der Waals surface area contributed by atoms with Gasteiger partial charge >= 0.3 is 0 Å². The highest BCUT2D eigenvalue weighted by atomic mass is 16.5. The fourth-order valence-corrected chi connectivity index (χ4v) is 4.40. The van der Waals surface area contributed by atoms with Crippen molar-refractivity contribution in [1.29, 1.82) is 0 Å². The number of benzene rings is 1. The molecule has 0 radical (unpaired) electrons. The van der Waals surface area contributed by atoms with Gasteiger partial charge in [-0.25, -0.2) is 0 Å². The molecule has 1 unspecified atom stereocenters. The van der Waals surface area contributed by atoms with Gasteiger partial charge in [-0.05, 0) is 63.5 Å². The topological polar surface area (TPSA) is 40.6 Å². The minimum absolute atomic E-state index is 0.0127. The van der Waals surface area contributed by atoms with Crippen molar-refractivity contribution in [2.45, 2.75) is 72.5 Å². The molecule has 3 rings (SSSR count). The summed E-state index contributed by atoms with van der Waals surface area (Å²) in [4.78, 5) is 4.94. The van der Waals surface area contributed by atoms with E-state index in [1.54, 1.807) is 0 Å². The van der Waals surface area contributed by atoms with E-state index in [1.807, 2.05) is 6.20 Å². The van der Waals surface area contributed by atoms with Crippen LogP contribution in [0.1, 0.15) is 70.3 Å². The molecule has 1 aliphatic rings. The zero-order valence-electron chi connectivity index (χ0n) is 19.2. The molecule has 0 spiro atoms. The maximum Gasteiger partial charge on any atom is 0.129 e. The molecule has 0 N–H and O–H groups in total. The van der Waals surface area contributed by atoms with Crippen LogP contribution in [0.3, 0.4) is 0 Å². The van der Waals surface area contributed by atoms with Gasteiger partial charge in [0.2, 0.25) is 0 Å². The molecular weight excluding hydrogens is 374 g/mol. The van der Waals surface area contributed by atoms with Gasteiger partial charge in [0.15, 0.2) is 0 Å². The van der Waals surface area contributed by atoms with E-state index in [2.05, 4.69) is 58.9 Å². The summed E-state index contributed by atoms with van der Waals surface area (Å²) >= 11 is 0. The van der Waals surface area contributed by atoms with Crippen LogP contribution in [0, 0.1) is 5.92 Å². The number of aromatic nitrogens is 1. The highest BCUT2D eigenvalue weighted by Gasteiger charge is 2.29. The van der Waals surface area contributed by atoms with Crippen LogP contribution in [-0.2, 0) is 22.3 Å². The lowest BCUT2D eigenvalue weighted by Crippen LogP contribution is -2.25. The minimum Gasteiger partial charge on any atom is -0.490 e. The lowest BCUT2D eigenvalue weighted by Gasteiger charge is -2.31. The summed E-state index contributed by atoms with van der Waals surface area (Å²) in [5, 5.41) is 0. The van der Waals surface area contributed by atoms with E-state index in [4.69, 9.17) is 19.2 Å². The second-order valence-corrected chi connectivity index (χ2v) is 8.26. The first kappa shape index (κ1) is 22.8. The van der Waals surface area contributed by atoms with Crippen molar-refractivity contribution in [2.75, 3.05) is 19.8 Å². The fraction of sp³-hybridized carbons (Fsp3) is 0.577. The SMILES string of the molecule is CCOC(c1cnc(-c2c(CC)cccc2CC)cc1OC(C)C)C1CCOCC1. The molecule has 0 bridgehead atoms. The maximum absolute atomic E-state index is 6.32. The van der Waals surface area contributed by atoms with E-state index in [1.165, 1.54) is 16.7 Å². The summed E-state index contributed by atoms with van der Waals surface area (Å²) in [6.07, 6.45) is 6.05. The van der Waals surface area contributed by atoms with Crippen LogP contribution in [0.15, 0.2) is 30.5 Å². The first-order chi connectivity index (χ1) is 14.6. The monoisotopic (exact) mass is 411 g/mol. The Morgan fingerprint density at radius 1 is 1.07 bits per heavy atom. The van der Waals surface area contributed by atoms with Gasteiger partial charge in [0.05, 0.1) is 17.9 Å². The molecule has 1 aromatic carbocycles. The highest BCUT2D eigenvalue weighted by molar-refractivity contribution is 5.69. The predicted molar refractivity (Wildman–Crippen MR) is 122 cm³/mol. The molecule has 164 valence electrons. The summed E-state index contributed by atoms with van der Waals surface area (Å²) < 4.78 is 18.2. The van der Waals surface area contributed by atoms with Crippen LogP contribution in [0.2, 0.25) is 0 Å². The van der Waals surface area contributed by atoms with Gasteiger partial charge in [0.1, 0.15) is 5.75 Å². The number of aryl methyl sites for hydroxylation is 2. The average Bonchev–Trinajstić information content (AvgIpc) is 2.77. The molecule has 1 aliphatic heterocycles. The van der Waals surface area contributed by atoms with Crippen molar-refractivity contribution in [3.8, 4) is 17.0 Å². The van der Waals surface area contributed by atoms with Gasteiger partial charge in [-0.2, -0.15) is 0 Å². The Bertz CT molecular complexity index is 790. The van der Waals surface area contributed by atoms with Crippen molar-refractivity contribution in [2.24, 2.45) is 5.92 Å². The third-order valence-electron chi connectivity index (χ3n) is 5.86. The Balaban J connectivity index is 2.08. The lowest BCUT2D eigenvalue weighted by molar-refractivity contribution is -0.0328. The number of ether oxygens (including phenoxy) is 3. The van der Waals surface area contributed by atoms with E-state index < -0.39 is 0 Å². The van der Waals surface area contributed by atoms with Gasteiger partial charge in [0, 0.05) is 43.2 Å². The van der Waals surface area contributed by atoms with Crippen molar-refractivity contribution in [1.82, 2.24) is 4.98 Å². The van der Waals surface area contributed by atoms with Gasteiger partial charge in [-0.15, -0.1) is 0 Å². The third kappa shape index (κ3) is 5.22. The first-order valence-corrected chi connectivity index (χ1v) is 11.6. The van der Waals surface area contributed by atoms with Crippen molar-refractivity contribution < 1.29 is 14.2 Å². The molecule has 0 aliphatic carbocycles. The van der Waals surface area contributed by atoms with Crippen LogP contribution in [0.4, 0.5) is 0 Å². The number of nitrogens with zero attached hydrogens (tertiary/aromatic N) is 1. The molecule has 2 aromatic rings. The second-order valence-electron chi connectivity index (χ2n) is 8.26. The van der Waals surface area contributed by atoms with E-state index in [-0.39, 0.29) is 12.2 Å². The lowest BCUT2D eigenvalue weighted by atomic mass is 9.88. The van der Waals surface area contributed by atoms with Gasteiger partial charge in [-0.3, -0.25) is 4.98 Å². The minimum atomic E-state index is -0.0127. The van der Waals surface area contributed by atoms with Crippen molar-refractivity contribution in [3.05, 3.63) is 47.2 Å². The van der Waals surface area contributed by atoms with Crippen LogP contribution < -0.4 is 4.74 Å². The van der Waals surface area contributed by atoms with Crippen LogP contribution in [-0.4, -0.2) is 30.9 Å². The van der Waals surface area contributed by atoms with Crippen LogP contribution in [0.25, 0.3) is 11.3 Å². The molecule has 4 heteroatoms. The van der Waals surface area contributed by atoms with Crippen molar-refractivity contribution >= 4 is 0 Å². The van der Waals surface area contributed by atoms with Crippen molar-refractivity contribution in [3.63, 3.8) is 0 Å². The van der Waals surface area contributed by atoms with Gasteiger partial charge in [0.25, 0.3) is 0 Å². The molecule has 1 fully saturated rings. The van der Waals surface area contributed by atoms with Gasteiger partial charge < -0.3 is 14.2 Å². The quantitative estimate of drug-likeness (QED) is 0.495. The Labute approximate surface area is 182 Å². The number of pyridine rings is 1. The second kappa shape index (κ2) is 10.9. The summed E-state index contributed by atoms with van der Waals surface area (Å²) in [5.41, 5.74) is 5.97. The fourth-order valence-electron chi connectivity index (χ4n) is 4.40. The average molecular weight is 412 g/mol. The summed E-state index contributed by atoms with van der Waals surface area (Å²) in [5.74, 6) is 1.32. The predicted octanol–water partition coefficient (Wildman–Crippen LogP) is 6.16. The van der Waals surface area contributed by atoms with Gasteiger partial charge in [-0.1, -0.05) is 32.0 Å². The molecule has 1 aromatic heterocycles. The molecule has 30 heavy (non-hydrogen) atoms. The Kier molecular flexibility index (Phi) is 8.29. The standard InChI is InChI=1S/C26H37NO3/c1-6-19-10-9-11-20(7-2)25(19)23-16-24(30-18(4)5)22(17-27-23)26(29-8-3)21-12-14-28-15-13-21/h9-11,16-18,21,26H,6-8,12-15H2,1-5H3. The number of hydrogen-bond donors (Lipinski definition) is 0. The van der Waals surface area contributed by atoms with E-state index in [0.29, 0.717) is 12.5 Å². The third-order valence-corrected chi connectivity index (χ3v) is 5.86. The van der Waals surface area contributed by atoms with Crippen LogP contribution >= 0.6 is 0 Å².